The number of carbonyl (C=O) groups is 1. The monoisotopic (exact) mass is 417 g/mol. The molecule has 0 atom stereocenters. The maximum absolute atomic E-state index is 12.5. The highest BCUT2D eigenvalue weighted by atomic mass is 16.3. The zero-order chi connectivity index (χ0) is 22.8. The lowest BCUT2D eigenvalue weighted by atomic mass is 9.78. The fourth-order valence-electron chi connectivity index (χ4n) is 3.38. The van der Waals surface area contributed by atoms with Gasteiger partial charge >= 0.3 is 0 Å². The molecule has 0 saturated carbocycles. The first kappa shape index (κ1) is 22.3. The summed E-state index contributed by atoms with van der Waals surface area (Å²) in [7, 11) is 0. The molecule has 31 heavy (non-hydrogen) atoms. The number of aromatic hydroxyl groups is 1. The minimum Gasteiger partial charge on any atom is -0.507 e. The summed E-state index contributed by atoms with van der Waals surface area (Å²) >= 11 is 0. The minimum atomic E-state index is -0.215. The number of nitrogens with zero attached hydrogens (tertiary/aromatic N) is 2. The van der Waals surface area contributed by atoms with E-state index in [1.807, 2.05) is 47.2 Å². The highest BCUT2D eigenvalue weighted by Gasteiger charge is 2.26. The number of aromatic nitrogens is 2. The molecule has 0 aliphatic rings. The average Bonchev–Trinajstić information content (AvgIpc) is 3.20. The molecule has 0 unspecified atom stereocenters. The van der Waals surface area contributed by atoms with E-state index in [2.05, 4.69) is 51.8 Å². The van der Waals surface area contributed by atoms with E-state index in [-0.39, 0.29) is 16.7 Å². The summed E-state index contributed by atoms with van der Waals surface area (Å²) in [5, 5.41) is 13.7. The van der Waals surface area contributed by atoms with Gasteiger partial charge in [-0.3, -0.25) is 4.79 Å². The first-order valence-corrected chi connectivity index (χ1v) is 10.4. The first-order valence-electron chi connectivity index (χ1n) is 10.4. The lowest BCUT2D eigenvalue weighted by Crippen LogP contribution is -2.17. The van der Waals surface area contributed by atoms with Gasteiger partial charge in [-0.25, -0.2) is 4.98 Å². The highest BCUT2D eigenvalue weighted by molar-refractivity contribution is 6.02. The number of anilines is 1. The molecule has 3 aromatic rings. The Morgan fingerprint density at radius 3 is 2.06 bits per heavy atom. The van der Waals surface area contributed by atoms with Gasteiger partial charge in [-0.1, -0.05) is 41.5 Å². The minimum absolute atomic E-state index is 0.210. The van der Waals surface area contributed by atoms with E-state index in [4.69, 9.17) is 0 Å². The van der Waals surface area contributed by atoms with Gasteiger partial charge in [-0.15, -0.1) is 0 Å². The number of imidazole rings is 1. The van der Waals surface area contributed by atoms with Gasteiger partial charge in [0.15, 0.2) is 0 Å². The van der Waals surface area contributed by atoms with Crippen molar-refractivity contribution >= 4 is 17.7 Å². The zero-order valence-corrected chi connectivity index (χ0v) is 19.1. The van der Waals surface area contributed by atoms with Crippen molar-refractivity contribution in [3.8, 4) is 11.4 Å². The third-order valence-corrected chi connectivity index (χ3v) is 5.11. The largest absolute Gasteiger partial charge is 0.507 e. The Labute approximate surface area is 184 Å². The van der Waals surface area contributed by atoms with Crippen LogP contribution in [-0.2, 0) is 15.6 Å². The van der Waals surface area contributed by atoms with E-state index in [0.717, 1.165) is 28.1 Å². The smallest absolute Gasteiger partial charge is 0.248 e. The fraction of sp³-hybridized carbons (Fsp3) is 0.308. The van der Waals surface area contributed by atoms with Gasteiger partial charge in [0.2, 0.25) is 5.91 Å². The summed E-state index contributed by atoms with van der Waals surface area (Å²) in [6.07, 6.45) is 8.63. The Morgan fingerprint density at radius 2 is 1.58 bits per heavy atom. The molecule has 0 aliphatic carbocycles. The van der Waals surface area contributed by atoms with E-state index >= 15 is 0 Å². The third kappa shape index (κ3) is 5.43. The topological polar surface area (TPSA) is 67.2 Å². The number of nitrogens with one attached hydrogen (secondary N) is 1. The number of hydrogen-bond donors (Lipinski definition) is 2. The van der Waals surface area contributed by atoms with Crippen LogP contribution in [0.4, 0.5) is 5.69 Å². The second-order valence-electron chi connectivity index (χ2n) is 9.80. The number of benzene rings is 2. The lowest BCUT2D eigenvalue weighted by Gasteiger charge is -2.27. The molecule has 0 bridgehead atoms. The zero-order valence-electron chi connectivity index (χ0n) is 19.1. The number of carbonyl (C=O) groups excluding carboxylic acids is 1. The Morgan fingerprint density at radius 1 is 1.00 bits per heavy atom. The second-order valence-corrected chi connectivity index (χ2v) is 9.80. The van der Waals surface area contributed by atoms with E-state index in [1.165, 1.54) is 6.08 Å². The number of rotatable bonds is 4. The van der Waals surface area contributed by atoms with Crippen LogP contribution in [0.1, 0.15) is 58.2 Å². The van der Waals surface area contributed by atoms with Crippen molar-refractivity contribution in [2.24, 2.45) is 0 Å². The summed E-state index contributed by atoms with van der Waals surface area (Å²) in [4.78, 5) is 16.5. The van der Waals surface area contributed by atoms with Crippen LogP contribution in [0.25, 0.3) is 11.8 Å². The summed E-state index contributed by atoms with van der Waals surface area (Å²) < 4.78 is 1.90. The molecule has 0 spiro atoms. The van der Waals surface area contributed by atoms with Crippen LogP contribution < -0.4 is 5.32 Å². The van der Waals surface area contributed by atoms with Crippen molar-refractivity contribution in [3.05, 3.63) is 77.9 Å². The van der Waals surface area contributed by atoms with Gasteiger partial charge in [-0.2, -0.15) is 0 Å². The second kappa shape index (κ2) is 8.42. The predicted molar refractivity (Wildman–Crippen MR) is 127 cm³/mol. The molecule has 0 fully saturated rings. The molecule has 1 aromatic heterocycles. The number of hydrogen-bond acceptors (Lipinski definition) is 3. The van der Waals surface area contributed by atoms with E-state index in [9.17, 15) is 9.90 Å². The molecular weight excluding hydrogens is 386 g/mol. The maximum atomic E-state index is 12.5. The van der Waals surface area contributed by atoms with Crippen molar-refractivity contribution in [2.45, 2.75) is 52.4 Å². The summed E-state index contributed by atoms with van der Waals surface area (Å²) in [5.41, 5.74) is 3.89. The predicted octanol–water partition coefficient (Wildman–Crippen LogP) is 5.82. The van der Waals surface area contributed by atoms with Crippen molar-refractivity contribution in [1.29, 1.82) is 0 Å². The molecule has 0 saturated heterocycles. The van der Waals surface area contributed by atoms with Crippen molar-refractivity contribution in [2.75, 3.05) is 5.32 Å². The number of phenolic OH excluding ortho intramolecular Hbond substituents is 1. The van der Waals surface area contributed by atoms with Crippen LogP contribution in [0, 0.1) is 0 Å². The van der Waals surface area contributed by atoms with Gasteiger partial charge in [0.1, 0.15) is 5.75 Å². The van der Waals surface area contributed by atoms with Crippen LogP contribution in [0.15, 0.2) is 61.2 Å². The average molecular weight is 418 g/mol. The molecular formula is C26H31N3O2. The van der Waals surface area contributed by atoms with Crippen molar-refractivity contribution in [3.63, 3.8) is 0 Å². The molecule has 2 N–H and O–H groups in total. The van der Waals surface area contributed by atoms with Crippen molar-refractivity contribution in [1.82, 2.24) is 9.55 Å². The number of amides is 1. The molecule has 0 aliphatic heterocycles. The maximum Gasteiger partial charge on any atom is 0.248 e. The molecule has 1 amide bonds. The Bertz CT molecular complexity index is 1050. The Balaban J connectivity index is 1.80. The molecule has 3 rings (SSSR count). The van der Waals surface area contributed by atoms with E-state index in [0.29, 0.717) is 5.75 Å². The SMILES string of the molecule is CC(C)(C)c1cc(C=CC(=O)Nc2ccc(-n3ccnc3)cc2)cc(C(C)(C)C)c1O. The Kier molecular flexibility index (Phi) is 6.07. The van der Waals surface area contributed by atoms with Gasteiger partial charge in [-0.05, 0) is 58.9 Å². The first-order chi connectivity index (χ1) is 14.4. The molecule has 162 valence electrons. The molecule has 5 nitrogen and oxygen atoms in total. The number of phenols is 1. The van der Waals surface area contributed by atoms with Crippen molar-refractivity contribution < 1.29 is 9.90 Å². The summed E-state index contributed by atoms with van der Waals surface area (Å²) in [6, 6.07) is 11.5. The Hall–Kier alpha value is -3.34. The van der Waals surface area contributed by atoms with Crippen LogP contribution >= 0.6 is 0 Å². The van der Waals surface area contributed by atoms with Crippen LogP contribution in [-0.4, -0.2) is 20.6 Å². The van der Waals surface area contributed by atoms with Gasteiger partial charge in [0.25, 0.3) is 0 Å². The molecule has 0 radical (unpaired) electrons. The van der Waals surface area contributed by atoms with Gasteiger partial charge < -0.3 is 15.0 Å². The lowest BCUT2D eigenvalue weighted by molar-refractivity contribution is -0.111. The van der Waals surface area contributed by atoms with Crippen LogP contribution in [0.3, 0.4) is 0 Å². The normalized spacial score (nSPS) is 12.3. The van der Waals surface area contributed by atoms with E-state index < -0.39 is 0 Å². The highest BCUT2D eigenvalue weighted by Crippen LogP contribution is 2.40. The molecule has 1 heterocycles. The third-order valence-electron chi connectivity index (χ3n) is 5.11. The quantitative estimate of drug-likeness (QED) is 0.525. The molecule has 5 heteroatoms. The summed E-state index contributed by atoms with van der Waals surface area (Å²) in [5.74, 6) is 0.123. The standard InChI is InChI=1S/C26H31N3O2/c1-25(2,3)21-15-18(16-22(24(21)31)26(4,5)6)7-12-23(30)28-19-8-10-20(11-9-19)29-14-13-27-17-29/h7-17,31H,1-6H3,(H,28,30). The van der Waals surface area contributed by atoms with Gasteiger partial charge in [0, 0.05) is 41.0 Å². The van der Waals surface area contributed by atoms with E-state index in [1.54, 1.807) is 18.6 Å². The molecule has 2 aromatic carbocycles. The van der Waals surface area contributed by atoms with Crippen LogP contribution in [0.2, 0.25) is 0 Å². The summed E-state index contributed by atoms with van der Waals surface area (Å²) in [6.45, 7) is 12.4. The van der Waals surface area contributed by atoms with Crippen LogP contribution in [0.5, 0.6) is 5.75 Å². The van der Waals surface area contributed by atoms with Gasteiger partial charge in [0.05, 0.1) is 6.33 Å². The fourth-order valence-corrected chi connectivity index (χ4v) is 3.38.